The Morgan fingerprint density at radius 3 is 2.33 bits per heavy atom. The van der Waals surface area contributed by atoms with E-state index in [-0.39, 0.29) is 25.0 Å². The molecule has 0 N–H and O–H groups in total. The monoisotopic (exact) mass is 330 g/mol. The third-order valence-corrected chi connectivity index (χ3v) is 5.60. The molecule has 3 rings (SSSR count). The molecule has 2 aliphatic carbocycles. The summed E-state index contributed by atoms with van der Waals surface area (Å²) in [5, 5.41) is 0. The molecule has 2 aliphatic rings. The van der Waals surface area contributed by atoms with Gasteiger partial charge in [-0.15, -0.1) is 0 Å². The zero-order valence-electron chi connectivity index (χ0n) is 14.5. The van der Waals surface area contributed by atoms with Crippen LogP contribution in [0.5, 0.6) is 0 Å². The Bertz CT molecular complexity index is 604. The summed E-state index contributed by atoms with van der Waals surface area (Å²) in [5.74, 6) is -0.610. The van der Waals surface area contributed by atoms with Gasteiger partial charge in [0.05, 0.1) is 13.2 Å². The molecule has 130 valence electrons. The predicted molar refractivity (Wildman–Crippen MR) is 90.5 cm³/mol. The number of carbonyl (C=O) groups excluding carboxylic acids is 2. The fraction of sp³-hybridized carbons (Fsp3) is 0.600. The van der Waals surface area contributed by atoms with Crippen molar-refractivity contribution in [1.82, 2.24) is 0 Å². The Kier molecular flexibility index (Phi) is 4.93. The van der Waals surface area contributed by atoms with Crippen LogP contribution in [0.15, 0.2) is 24.3 Å². The molecule has 0 unspecified atom stereocenters. The summed E-state index contributed by atoms with van der Waals surface area (Å²) in [6.07, 6.45) is 4.46. The van der Waals surface area contributed by atoms with Gasteiger partial charge < -0.3 is 9.47 Å². The van der Waals surface area contributed by atoms with Crippen molar-refractivity contribution in [1.29, 1.82) is 0 Å². The van der Waals surface area contributed by atoms with Crippen LogP contribution in [0.1, 0.15) is 56.6 Å². The van der Waals surface area contributed by atoms with Gasteiger partial charge in [0.2, 0.25) is 0 Å². The van der Waals surface area contributed by atoms with Gasteiger partial charge in [0.25, 0.3) is 0 Å². The SMILES string of the molecule is CCOC(=O)C1(C(=O)OCC)Cc2ccccc2[C@H]2CCCC[C@@H]21. The summed E-state index contributed by atoms with van der Waals surface area (Å²) >= 11 is 0. The molecule has 0 heterocycles. The zero-order chi connectivity index (χ0) is 17.2. The first-order valence-corrected chi connectivity index (χ1v) is 9.07. The maximum absolute atomic E-state index is 13.0. The lowest BCUT2D eigenvalue weighted by Crippen LogP contribution is -2.54. The average Bonchev–Trinajstić information content (AvgIpc) is 2.61. The maximum atomic E-state index is 13.0. The summed E-state index contributed by atoms with van der Waals surface area (Å²) in [5.41, 5.74) is 1.19. The maximum Gasteiger partial charge on any atom is 0.324 e. The second kappa shape index (κ2) is 6.96. The first-order valence-electron chi connectivity index (χ1n) is 9.07. The van der Waals surface area contributed by atoms with Gasteiger partial charge in [-0.25, -0.2) is 0 Å². The molecular weight excluding hydrogens is 304 g/mol. The van der Waals surface area contributed by atoms with Gasteiger partial charge in [-0.1, -0.05) is 37.1 Å². The fourth-order valence-electron chi connectivity index (χ4n) is 4.63. The predicted octanol–water partition coefficient (Wildman–Crippen LogP) is 3.63. The van der Waals surface area contributed by atoms with Crippen molar-refractivity contribution >= 4 is 11.9 Å². The van der Waals surface area contributed by atoms with Gasteiger partial charge >= 0.3 is 11.9 Å². The van der Waals surface area contributed by atoms with Crippen LogP contribution >= 0.6 is 0 Å². The molecule has 0 saturated heterocycles. The molecule has 0 spiro atoms. The Morgan fingerprint density at radius 1 is 1.04 bits per heavy atom. The smallest absolute Gasteiger partial charge is 0.324 e. The van der Waals surface area contributed by atoms with Crippen molar-refractivity contribution in [3.63, 3.8) is 0 Å². The van der Waals surface area contributed by atoms with Crippen LogP contribution in [0.3, 0.4) is 0 Å². The number of benzene rings is 1. The summed E-state index contributed by atoms with van der Waals surface area (Å²) in [4.78, 5) is 26.0. The van der Waals surface area contributed by atoms with E-state index in [1.54, 1.807) is 13.8 Å². The topological polar surface area (TPSA) is 52.6 Å². The molecule has 24 heavy (non-hydrogen) atoms. The Hall–Kier alpha value is -1.84. The van der Waals surface area contributed by atoms with Crippen LogP contribution < -0.4 is 0 Å². The lowest BCUT2D eigenvalue weighted by molar-refractivity contribution is -0.179. The molecule has 0 radical (unpaired) electrons. The largest absolute Gasteiger partial charge is 0.465 e. The van der Waals surface area contributed by atoms with Crippen LogP contribution in [-0.2, 0) is 25.5 Å². The van der Waals surface area contributed by atoms with E-state index < -0.39 is 17.4 Å². The molecule has 0 bridgehead atoms. The molecular formula is C20H26O4. The molecule has 0 aliphatic heterocycles. The normalized spacial score (nSPS) is 24.4. The van der Waals surface area contributed by atoms with E-state index in [2.05, 4.69) is 6.07 Å². The summed E-state index contributed by atoms with van der Waals surface area (Å²) < 4.78 is 10.8. The molecule has 1 fully saturated rings. The zero-order valence-corrected chi connectivity index (χ0v) is 14.5. The van der Waals surface area contributed by atoms with E-state index in [4.69, 9.17) is 9.47 Å². The van der Waals surface area contributed by atoms with Gasteiger partial charge in [0.1, 0.15) is 0 Å². The van der Waals surface area contributed by atoms with E-state index in [0.29, 0.717) is 6.42 Å². The van der Waals surface area contributed by atoms with E-state index in [0.717, 1.165) is 31.2 Å². The Balaban J connectivity index is 2.12. The van der Waals surface area contributed by atoms with Crippen LogP contribution in [0, 0.1) is 11.3 Å². The average molecular weight is 330 g/mol. The summed E-state index contributed by atoms with van der Waals surface area (Å²) in [6.45, 7) is 4.12. The standard InChI is InChI=1S/C20H26O4/c1-3-23-18(21)20(19(22)24-4-2)13-14-9-5-6-10-15(14)16-11-7-8-12-17(16)20/h5-6,9-10,16-17H,3-4,7-8,11-13H2,1-2H3/t16-,17+/m1/s1. The lowest BCUT2D eigenvalue weighted by Gasteiger charge is -2.47. The third kappa shape index (κ3) is 2.62. The highest BCUT2D eigenvalue weighted by Crippen LogP contribution is 2.54. The van der Waals surface area contributed by atoms with E-state index in [9.17, 15) is 9.59 Å². The number of hydrogen-bond donors (Lipinski definition) is 0. The summed E-state index contributed by atoms with van der Waals surface area (Å²) in [6, 6.07) is 8.21. The quantitative estimate of drug-likeness (QED) is 0.625. The highest BCUT2D eigenvalue weighted by molar-refractivity contribution is 6.01. The van der Waals surface area contributed by atoms with E-state index in [1.807, 2.05) is 18.2 Å². The number of fused-ring (bicyclic) bond motifs is 3. The minimum atomic E-state index is -1.19. The van der Waals surface area contributed by atoms with E-state index in [1.165, 1.54) is 5.56 Å². The number of ether oxygens (including phenoxy) is 2. The fourth-order valence-corrected chi connectivity index (χ4v) is 4.63. The van der Waals surface area contributed by atoms with Crippen LogP contribution in [0.2, 0.25) is 0 Å². The number of hydrogen-bond acceptors (Lipinski definition) is 4. The van der Waals surface area contributed by atoms with Crippen LogP contribution in [0.25, 0.3) is 0 Å². The van der Waals surface area contributed by atoms with Gasteiger partial charge in [-0.2, -0.15) is 0 Å². The minimum absolute atomic E-state index is 0.0285. The van der Waals surface area contributed by atoms with Crippen LogP contribution in [-0.4, -0.2) is 25.2 Å². The van der Waals surface area contributed by atoms with Crippen molar-refractivity contribution < 1.29 is 19.1 Å². The van der Waals surface area contributed by atoms with Gasteiger partial charge in [-0.3, -0.25) is 9.59 Å². The molecule has 1 aromatic rings. The number of esters is 2. The molecule has 0 amide bonds. The second-order valence-corrected chi connectivity index (χ2v) is 6.79. The first kappa shape index (κ1) is 17.0. The van der Waals surface area contributed by atoms with Gasteiger partial charge in [0, 0.05) is 0 Å². The van der Waals surface area contributed by atoms with Crippen molar-refractivity contribution in [3.05, 3.63) is 35.4 Å². The molecule has 4 nitrogen and oxygen atoms in total. The first-order chi connectivity index (χ1) is 11.6. The molecule has 1 aromatic carbocycles. The van der Waals surface area contributed by atoms with Gasteiger partial charge in [-0.05, 0) is 56.1 Å². The van der Waals surface area contributed by atoms with E-state index >= 15 is 0 Å². The van der Waals surface area contributed by atoms with Crippen LogP contribution in [0.4, 0.5) is 0 Å². The van der Waals surface area contributed by atoms with Crippen molar-refractivity contribution in [2.24, 2.45) is 11.3 Å². The Morgan fingerprint density at radius 2 is 1.67 bits per heavy atom. The number of carbonyl (C=O) groups is 2. The lowest BCUT2D eigenvalue weighted by atomic mass is 9.55. The highest BCUT2D eigenvalue weighted by Gasteiger charge is 2.59. The third-order valence-electron chi connectivity index (χ3n) is 5.60. The number of rotatable bonds is 4. The highest BCUT2D eigenvalue weighted by atomic mass is 16.6. The molecule has 0 aromatic heterocycles. The second-order valence-electron chi connectivity index (χ2n) is 6.79. The Labute approximate surface area is 143 Å². The summed E-state index contributed by atoms with van der Waals surface area (Å²) in [7, 11) is 0. The molecule has 1 saturated carbocycles. The van der Waals surface area contributed by atoms with Crippen molar-refractivity contribution in [2.45, 2.75) is 51.9 Å². The van der Waals surface area contributed by atoms with Gasteiger partial charge in [0.15, 0.2) is 5.41 Å². The van der Waals surface area contributed by atoms with Crippen molar-refractivity contribution in [2.75, 3.05) is 13.2 Å². The molecule has 4 heteroatoms. The molecule has 2 atom stereocenters. The minimum Gasteiger partial charge on any atom is -0.465 e. The van der Waals surface area contributed by atoms with Crippen molar-refractivity contribution in [3.8, 4) is 0 Å².